The maximum Gasteiger partial charge on any atom is 0.340 e. The number of hydrogen-bond acceptors (Lipinski definition) is 3. The normalized spacial score (nSPS) is 9.00. The van der Waals surface area contributed by atoms with Gasteiger partial charge in [0.05, 0.1) is 0 Å². The summed E-state index contributed by atoms with van der Waals surface area (Å²) in [5.41, 5.74) is 0. The second kappa shape index (κ2) is 1.61. The van der Waals surface area contributed by atoms with Gasteiger partial charge in [0.1, 0.15) is 6.20 Å². The number of nitrogens with zero attached hydrogens (tertiary/aromatic N) is 2. The fraction of sp³-hybridized carbons (Fsp3) is 0. The molecule has 0 aliphatic carbocycles. The third-order valence-corrected chi connectivity index (χ3v) is 0.680. The lowest BCUT2D eigenvalue weighted by atomic mass is 10.8. The molecule has 5 nitrogen and oxygen atoms in total. The summed E-state index contributed by atoms with van der Waals surface area (Å²) >= 11 is 0. The maximum absolute atomic E-state index is 9.80. The van der Waals surface area contributed by atoms with Crippen LogP contribution in [-0.4, -0.2) is 14.9 Å². The van der Waals surface area contributed by atoms with Crippen molar-refractivity contribution < 1.29 is 4.92 Å². The molecule has 1 rings (SSSR count). The highest BCUT2D eigenvalue weighted by Crippen LogP contribution is 1.99. The van der Waals surface area contributed by atoms with Gasteiger partial charge in [-0.05, 0) is 4.92 Å². The van der Waals surface area contributed by atoms with Crippen LogP contribution < -0.4 is 0 Å². The van der Waals surface area contributed by atoms with Gasteiger partial charge in [0.2, 0.25) is 0 Å². The highest BCUT2D eigenvalue weighted by Gasteiger charge is 1.99. The summed E-state index contributed by atoms with van der Waals surface area (Å²) in [5.74, 6) is -0.0787. The summed E-state index contributed by atoms with van der Waals surface area (Å²) in [6.07, 6.45) is 2.41. The van der Waals surface area contributed by atoms with Gasteiger partial charge in [-0.25, -0.2) is 9.97 Å². The van der Waals surface area contributed by atoms with Crippen molar-refractivity contribution in [2.75, 3.05) is 0 Å². The van der Waals surface area contributed by atoms with Crippen LogP contribution in [0.15, 0.2) is 12.5 Å². The van der Waals surface area contributed by atoms with Crippen LogP contribution >= 0.6 is 0 Å². The molecular weight excluding hydrogens is 111 g/mol. The predicted molar refractivity (Wildman–Crippen MR) is 25.2 cm³/mol. The van der Waals surface area contributed by atoms with E-state index in [1.807, 2.05) is 0 Å². The van der Waals surface area contributed by atoms with Crippen molar-refractivity contribution >= 4 is 5.82 Å². The molecule has 0 saturated heterocycles. The monoisotopic (exact) mass is 114 g/mol. The molecule has 1 aromatic heterocycles. The van der Waals surface area contributed by atoms with Crippen molar-refractivity contribution in [1.82, 2.24) is 9.97 Å². The Balaban J connectivity index is 2.93. The number of H-pyrrole nitrogens is 1. The topological polar surface area (TPSA) is 71.8 Å². The first kappa shape index (κ1) is 4.76. The molecule has 0 fully saturated rings. The van der Waals surface area contributed by atoms with Gasteiger partial charge in [0.15, 0.2) is 6.33 Å². The Bertz CT molecular complexity index is 180. The van der Waals surface area contributed by atoms with E-state index in [0.717, 1.165) is 6.20 Å². The zero-order valence-corrected chi connectivity index (χ0v) is 3.87. The molecule has 0 aliphatic heterocycles. The van der Waals surface area contributed by atoms with Gasteiger partial charge in [-0.3, -0.25) is 0 Å². The number of hydrogen-bond donors (Lipinski definition) is 1. The summed E-state index contributed by atoms with van der Waals surface area (Å²) in [4.78, 5) is 15.0. The summed E-state index contributed by atoms with van der Waals surface area (Å²) in [5, 5.41) is 9.80. The van der Waals surface area contributed by atoms with E-state index in [2.05, 4.69) is 9.97 Å². The molecule has 8 heavy (non-hydrogen) atoms. The number of rotatable bonds is 1. The molecule has 42 valence electrons. The standard InChI is InChI=1S/C3H3N3O2/c7-6(8)3-1-4-2-5-3/h1-2H,(H,4,5)/i6+1. The second-order valence-corrected chi connectivity index (χ2v) is 1.19. The summed E-state index contributed by atoms with van der Waals surface area (Å²) in [7, 11) is 0. The molecule has 0 unspecified atom stereocenters. The largest absolute Gasteiger partial charge is 0.358 e. The van der Waals surface area contributed by atoms with Crippen molar-refractivity contribution in [3.63, 3.8) is 0 Å². The van der Waals surface area contributed by atoms with Crippen LogP contribution in [0.1, 0.15) is 0 Å². The third kappa shape index (κ3) is 0.651. The first-order chi connectivity index (χ1) is 3.80. The van der Waals surface area contributed by atoms with E-state index in [1.165, 1.54) is 6.33 Å². The molecule has 0 atom stereocenters. The van der Waals surface area contributed by atoms with Crippen LogP contribution in [0.5, 0.6) is 0 Å². The average molecular weight is 114 g/mol. The van der Waals surface area contributed by atoms with Crippen LogP contribution in [0.3, 0.4) is 0 Å². The fourth-order valence-electron chi connectivity index (χ4n) is 0.348. The Morgan fingerprint density at radius 1 is 1.88 bits per heavy atom. The molecule has 1 heterocycles. The van der Waals surface area contributed by atoms with Crippen molar-refractivity contribution in [2.45, 2.75) is 0 Å². The van der Waals surface area contributed by atoms with Gasteiger partial charge in [-0.1, -0.05) is 0 Å². The molecule has 0 radical (unpaired) electrons. The molecule has 0 aliphatic rings. The third-order valence-electron chi connectivity index (χ3n) is 0.680. The van der Waals surface area contributed by atoms with E-state index in [4.69, 9.17) is 0 Å². The molecule has 0 saturated carbocycles. The number of aromatic nitrogens is 2. The predicted octanol–water partition coefficient (Wildman–Crippen LogP) is 0.318. The molecule has 1 aromatic rings. The van der Waals surface area contributed by atoms with Gasteiger partial charge >= 0.3 is 5.82 Å². The lowest BCUT2D eigenvalue weighted by Crippen LogP contribution is -1.85. The van der Waals surface area contributed by atoms with Crippen LogP contribution in [0.2, 0.25) is 0 Å². The SMILES string of the molecule is O=[15N+]([O-])c1cnc[nH]1. The molecule has 5 heteroatoms. The summed E-state index contributed by atoms with van der Waals surface area (Å²) in [6, 6.07) is 0. The zero-order chi connectivity index (χ0) is 5.98. The average Bonchev–Trinajstić information content (AvgIpc) is 2.12. The number of imidazole rings is 1. The van der Waals surface area contributed by atoms with E-state index in [9.17, 15) is 10.1 Å². The Labute approximate surface area is 44.5 Å². The van der Waals surface area contributed by atoms with Crippen molar-refractivity contribution in [3.8, 4) is 0 Å². The number of aromatic amines is 1. The minimum Gasteiger partial charge on any atom is -0.358 e. The van der Waals surface area contributed by atoms with Crippen LogP contribution in [0.25, 0.3) is 0 Å². The second-order valence-electron chi connectivity index (χ2n) is 1.19. The number of nitro groups is 1. The minimum atomic E-state index is -0.535. The van der Waals surface area contributed by atoms with E-state index >= 15 is 0 Å². The van der Waals surface area contributed by atoms with Crippen LogP contribution in [-0.2, 0) is 0 Å². The summed E-state index contributed by atoms with van der Waals surface area (Å²) in [6.45, 7) is 0. The zero-order valence-electron chi connectivity index (χ0n) is 3.87. The smallest absolute Gasteiger partial charge is 0.340 e. The molecule has 0 spiro atoms. The van der Waals surface area contributed by atoms with Crippen LogP contribution in [0, 0.1) is 10.1 Å². The quantitative estimate of drug-likeness (QED) is 0.324. The van der Waals surface area contributed by atoms with Crippen molar-refractivity contribution in [1.29, 1.82) is 0 Å². The molecule has 1 N–H and O–H groups in total. The van der Waals surface area contributed by atoms with Crippen molar-refractivity contribution in [2.24, 2.45) is 0 Å². The van der Waals surface area contributed by atoms with Gasteiger partial charge < -0.3 is 10.1 Å². The van der Waals surface area contributed by atoms with Gasteiger partial charge in [-0.2, -0.15) is 0 Å². The summed E-state index contributed by atoms with van der Waals surface area (Å²) < 4.78 is 0. The molecule has 0 amide bonds. The first-order valence-corrected chi connectivity index (χ1v) is 1.93. The highest BCUT2D eigenvalue weighted by molar-refractivity contribution is 5.09. The molecular formula is C3H3N3O2. The van der Waals surface area contributed by atoms with Gasteiger partial charge in [-0.15, -0.1) is 0 Å². The highest BCUT2D eigenvalue weighted by atomic mass is 16.9. The minimum absolute atomic E-state index is 0.0787. The lowest BCUT2D eigenvalue weighted by Gasteiger charge is -1.83. The molecule has 0 bridgehead atoms. The van der Waals surface area contributed by atoms with Gasteiger partial charge in [0.25, 0.3) is 0 Å². The number of nitrogens with one attached hydrogen (secondary N) is 1. The van der Waals surface area contributed by atoms with Crippen molar-refractivity contribution in [3.05, 3.63) is 22.6 Å². The fourth-order valence-corrected chi connectivity index (χ4v) is 0.348. The first-order valence-electron chi connectivity index (χ1n) is 1.93. The Morgan fingerprint density at radius 2 is 2.62 bits per heavy atom. The lowest BCUT2D eigenvalue weighted by molar-refractivity contribution is -0.389. The maximum atomic E-state index is 9.80. The Hall–Kier alpha value is -1.39. The van der Waals surface area contributed by atoms with Gasteiger partial charge in [0, 0.05) is 0 Å². The molecule has 0 aromatic carbocycles. The van der Waals surface area contributed by atoms with Crippen LogP contribution in [0.4, 0.5) is 5.82 Å². The van der Waals surface area contributed by atoms with E-state index in [0.29, 0.717) is 0 Å². The van der Waals surface area contributed by atoms with E-state index in [-0.39, 0.29) is 5.82 Å². The van der Waals surface area contributed by atoms with E-state index < -0.39 is 4.92 Å². The Morgan fingerprint density at radius 3 is 2.88 bits per heavy atom. The Kier molecular flexibility index (Phi) is 0.957. The van der Waals surface area contributed by atoms with E-state index in [1.54, 1.807) is 0 Å².